The molecule has 1 fully saturated rings. The summed E-state index contributed by atoms with van der Waals surface area (Å²) in [5, 5.41) is 6.99. The van der Waals surface area contributed by atoms with Crippen molar-refractivity contribution in [1.29, 1.82) is 0 Å². The zero-order chi connectivity index (χ0) is 18.1. The molecule has 3 rings (SSSR count). The molecule has 1 aliphatic rings. The highest BCUT2D eigenvalue weighted by Gasteiger charge is 2.48. The van der Waals surface area contributed by atoms with E-state index < -0.39 is 0 Å². The van der Waals surface area contributed by atoms with Gasteiger partial charge in [0.25, 0.3) is 0 Å². The van der Waals surface area contributed by atoms with Gasteiger partial charge in [0, 0.05) is 26.4 Å². The second-order valence-electron chi connectivity index (χ2n) is 6.05. The predicted octanol–water partition coefficient (Wildman–Crippen LogP) is 5.17. The lowest BCUT2D eigenvalue weighted by molar-refractivity contribution is -0.122. The number of nitrogens with one attached hydrogen (secondary N) is 2. The fourth-order valence-corrected chi connectivity index (χ4v) is 3.25. The maximum atomic E-state index is 12.3. The normalized spacial score (nSPS) is 18.6. The van der Waals surface area contributed by atoms with Crippen molar-refractivity contribution in [1.82, 2.24) is 0 Å². The quantitative estimate of drug-likeness (QED) is 0.748. The van der Waals surface area contributed by atoms with Crippen LogP contribution in [0.3, 0.4) is 0 Å². The summed E-state index contributed by atoms with van der Waals surface area (Å²) in [4.78, 5) is 24.5. The average Bonchev–Trinajstić information content (AvgIpc) is 3.30. The van der Waals surface area contributed by atoms with Crippen molar-refractivity contribution in [3.63, 3.8) is 0 Å². The van der Waals surface area contributed by atoms with Gasteiger partial charge in [0.05, 0.1) is 11.8 Å². The molecule has 0 bridgehead atoms. The molecular formula is C18H15Cl3N2O2. The maximum absolute atomic E-state index is 12.3. The molecule has 0 aromatic heterocycles. The van der Waals surface area contributed by atoms with E-state index in [-0.39, 0.29) is 23.7 Å². The molecule has 2 aromatic carbocycles. The maximum Gasteiger partial charge on any atom is 0.228 e. The summed E-state index contributed by atoms with van der Waals surface area (Å²) in [5.41, 5.74) is 2.07. The van der Waals surface area contributed by atoms with Crippen LogP contribution in [0.5, 0.6) is 0 Å². The van der Waals surface area contributed by atoms with Crippen molar-refractivity contribution in [3.8, 4) is 0 Å². The number of hydrogen-bond acceptors (Lipinski definition) is 2. The number of amides is 2. The van der Waals surface area contributed by atoms with Gasteiger partial charge in [-0.1, -0.05) is 40.9 Å². The molecule has 1 aliphatic carbocycles. The molecule has 2 atom stereocenters. The van der Waals surface area contributed by atoms with Crippen molar-refractivity contribution >= 4 is 58.0 Å². The topological polar surface area (TPSA) is 58.2 Å². The number of hydrogen-bond donors (Lipinski definition) is 2. The van der Waals surface area contributed by atoms with E-state index in [1.165, 1.54) is 0 Å². The lowest BCUT2D eigenvalue weighted by Gasteiger charge is -2.08. The minimum Gasteiger partial charge on any atom is -0.326 e. The molecule has 0 spiro atoms. The first-order valence-corrected chi connectivity index (χ1v) is 8.81. The summed E-state index contributed by atoms with van der Waals surface area (Å²) in [6.07, 6.45) is 0.506. The Morgan fingerprint density at radius 1 is 0.880 bits per heavy atom. The van der Waals surface area contributed by atoms with Crippen LogP contribution in [0.4, 0.5) is 11.4 Å². The Morgan fingerprint density at radius 3 is 2.00 bits per heavy atom. The third-order valence-corrected chi connectivity index (χ3v) is 4.88. The number of rotatable bonds is 4. The van der Waals surface area contributed by atoms with Crippen LogP contribution in [-0.2, 0) is 9.59 Å². The van der Waals surface area contributed by atoms with Crippen molar-refractivity contribution in [2.75, 3.05) is 10.6 Å². The van der Waals surface area contributed by atoms with Crippen LogP contribution >= 0.6 is 34.8 Å². The van der Waals surface area contributed by atoms with Crippen LogP contribution < -0.4 is 10.6 Å². The van der Waals surface area contributed by atoms with E-state index in [0.717, 1.165) is 5.56 Å². The van der Waals surface area contributed by atoms with E-state index in [1.807, 2.05) is 13.0 Å². The zero-order valence-corrected chi connectivity index (χ0v) is 15.5. The van der Waals surface area contributed by atoms with Gasteiger partial charge in [-0.15, -0.1) is 0 Å². The summed E-state index contributed by atoms with van der Waals surface area (Å²) in [7, 11) is 0. The second-order valence-corrected chi connectivity index (χ2v) is 7.33. The Kier molecular flexibility index (Phi) is 5.23. The van der Waals surface area contributed by atoms with Gasteiger partial charge in [0.2, 0.25) is 11.8 Å². The van der Waals surface area contributed by atoms with Crippen molar-refractivity contribution in [2.24, 2.45) is 11.8 Å². The van der Waals surface area contributed by atoms with Crippen LogP contribution in [0.15, 0.2) is 36.4 Å². The third kappa shape index (κ3) is 4.46. The minimum absolute atomic E-state index is 0.191. The fraction of sp³-hybridized carbons (Fsp3) is 0.222. The summed E-state index contributed by atoms with van der Waals surface area (Å²) >= 11 is 17.9. The summed E-state index contributed by atoms with van der Waals surface area (Å²) < 4.78 is 0. The largest absolute Gasteiger partial charge is 0.326 e. The van der Waals surface area contributed by atoms with Gasteiger partial charge in [-0.3, -0.25) is 9.59 Å². The van der Waals surface area contributed by atoms with Gasteiger partial charge in [0.1, 0.15) is 0 Å². The second kappa shape index (κ2) is 7.24. The summed E-state index contributed by atoms with van der Waals surface area (Å²) in [5.74, 6) is -1.13. The van der Waals surface area contributed by atoms with Gasteiger partial charge >= 0.3 is 0 Å². The summed E-state index contributed by atoms with van der Waals surface area (Å²) in [6.45, 7) is 1.89. The highest BCUT2D eigenvalue weighted by atomic mass is 35.5. The molecule has 4 nitrogen and oxygen atoms in total. The number of benzene rings is 2. The van der Waals surface area contributed by atoms with Crippen molar-refractivity contribution in [3.05, 3.63) is 57.0 Å². The number of anilines is 2. The van der Waals surface area contributed by atoms with Crippen LogP contribution in [0.1, 0.15) is 12.0 Å². The zero-order valence-electron chi connectivity index (χ0n) is 13.3. The highest BCUT2D eigenvalue weighted by Crippen LogP contribution is 2.40. The number of halogens is 3. The number of carbonyl (C=O) groups excluding carboxylic acids is 2. The first-order chi connectivity index (χ1) is 11.8. The lowest BCUT2D eigenvalue weighted by atomic mass is 10.2. The summed E-state index contributed by atoms with van der Waals surface area (Å²) in [6, 6.07) is 10.1. The lowest BCUT2D eigenvalue weighted by Crippen LogP contribution is -2.20. The Labute approximate surface area is 160 Å². The SMILES string of the molecule is Cc1ccc(NC(=O)C2CC2C(=O)Nc2cc(Cl)cc(Cl)c2)cc1Cl. The predicted molar refractivity (Wildman–Crippen MR) is 102 cm³/mol. The monoisotopic (exact) mass is 396 g/mol. The van der Waals surface area contributed by atoms with E-state index >= 15 is 0 Å². The van der Waals surface area contributed by atoms with Gasteiger partial charge in [-0.2, -0.15) is 0 Å². The first kappa shape index (κ1) is 18.1. The van der Waals surface area contributed by atoms with E-state index in [1.54, 1.807) is 30.3 Å². The molecule has 25 heavy (non-hydrogen) atoms. The van der Waals surface area contributed by atoms with E-state index in [2.05, 4.69) is 10.6 Å². The number of carbonyl (C=O) groups is 2. The molecule has 0 saturated heterocycles. The van der Waals surface area contributed by atoms with Crippen LogP contribution in [-0.4, -0.2) is 11.8 Å². The Morgan fingerprint density at radius 2 is 1.44 bits per heavy atom. The molecule has 7 heteroatoms. The smallest absolute Gasteiger partial charge is 0.228 e. The molecule has 0 heterocycles. The molecule has 2 amide bonds. The molecule has 1 saturated carbocycles. The van der Waals surface area contributed by atoms with Gasteiger partial charge in [-0.05, 0) is 49.2 Å². The highest BCUT2D eigenvalue weighted by molar-refractivity contribution is 6.35. The molecular weight excluding hydrogens is 383 g/mol. The third-order valence-electron chi connectivity index (χ3n) is 4.03. The Balaban J connectivity index is 1.58. The van der Waals surface area contributed by atoms with E-state index in [9.17, 15) is 9.59 Å². The Bertz CT molecular complexity index is 834. The van der Waals surface area contributed by atoms with E-state index in [0.29, 0.717) is 32.9 Å². The van der Waals surface area contributed by atoms with Gasteiger partial charge < -0.3 is 10.6 Å². The van der Waals surface area contributed by atoms with Crippen LogP contribution in [0.2, 0.25) is 15.1 Å². The van der Waals surface area contributed by atoms with Gasteiger partial charge in [-0.25, -0.2) is 0 Å². The molecule has 2 unspecified atom stereocenters. The fourth-order valence-electron chi connectivity index (χ4n) is 2.54. The van der Waals surface area contributed by atoms with Crippen LogP contribution in [0.25, 0.3) is 0 Å². The standard InChI is InChI=1S/C18H15Cl3N2O2/c1-9-2-3-12(7-16(9)21)22-17(24)14-8-15(14)18(25)23-13-5-10(19)4-11(20)6-13/h2-7,14-15H,8H2,1H3,(H,22,24)(H,23,25). The van der Waals surface area contributed by atoms with E-state index in [4.69, 9.17) is 34.8 Å². The number of aryl methyl sites for hydroxylation is 1. The molecule has 0 aliphatic heterocycles. The molecule has 0 radical (unpaired) electrons. The van der Waals surface area contributed by atoms with Crippen molar-refractivity contribution in [2.45, 2.75) is 13.3 Å². The Hall–Kier alpha value is -1.75. The van der Waals surface area contributed by atoms with Crippen LogP contribution in [0, 0.1) is 18.8 Å². The minimum atomic E-state index is -0.362. The first-order valence-electron chi connectivity index (χ1n) is 7.67. The molecule has 130 valence electrons. The average molecular weight is 398 g/mol. The molecule has 2 aromatic rings. The van der Waals surface area contributed by atoms with Crippen molar-refractivity contribution < 1.29 is 9.59 Å². The molecule has 2 N–H and O–H groups in total. The van der Waals surface area contributed by atoms with Gasteiger partial charge in [0.15, 0.2) is 0 Å².